The molecular weight excluding hydrogens is 402 g/mol. The van der Waals surface area contributed by atoms with Crippen LogP contribution >= 0.6 is 0 Å². The number of non-ortho nitro benzene ring substituents is 2. The first kappa shape index (κ1) is 20.1. The Morgan fingerprint density at radius 1 is 1.03 bits per heavy atom. The second kappa shape index (κ2) is 7.75. The first-order chi connectivity index (χ1) is 14.2. The molecule has 1 heterocycles. The van der Waals surface area contributed by atoms with Crippen LogP contribution in [0.4, 0.5) is 22.7 Å². The average Bonchev–Trinajstić information content (AvgIpc) is 2.97. The zero-order valence-corrected chi connectivity index (χ0v) is 14.8. The molecule has 2 N–H and O–H groups in total. The second-order valence-electron chi connectivity index (χ2n) is 5.97. The molecule has 3 rings (SSSR count). The van der Waals surface area contributed by atoms with Crippen molar-refractivity contribution in [1.29, 1.82) is 0 Å². The molecule has 1 saturated heterocycles. The Morgan fingerprint density at radius 3 is 2.23 bits per heavy atom. The van der Waals surface area contributed by atoms with Crippen LogP contribution in [0.1, 0.15) is 0 Å². The van der Waals surface area contributed by atoms with Gasteiger partial charge in [-0.1, -0.05) is 17.3 Å². The van der Waals surface area contributed by atoms with Gasteiger partial charge >= 0.3 is 0 Å². The van der Waals surface area contributed by atoms with E-state index in [9.17, 15) is 39.8 Å². The van der Waals surface area contributed by atoms with E-state index in [4.69, 9.17) is 0 Å². The normalized spacial score (nSPS) is 17.3. The number of oxime groups is 1. The molecule has 0 aromatic heterocycles. The van der Waals surface area contributed by atoms with Crippen molar-refractivity contribution >= 4 is 46.2 Å². The molecule has 30 heavy (non-hydrogen) atoms. The van der Waals surface area contributed by atoms with Crippen molar-refractivity contribution in [2.24, 2.45) is 11.1 Å². The van der Waals surface area contributed by atoms with Gasteiger partial charge in [-0.3, -0.25) is 34.6 Å². The number of anilines is 2. The third kappa shape index (κ3) is 3.54. The number of imide groups is 1. The second-order valence-corrected chi connectivity index (χ2v) is 5.97. The van der Waals surface area contributed by atoms with Crippen LogP contribution in [0, 0.1) is 26.1 Å². The van der Waals surface area contributed by atoms with E-state index < -0.39 is 44.9 Å². The van der Waals surface area contributed by atoms with Crippen molar-refractivity contribution in [2.45, 2.75) is 0 Å². The summed E-state index contributed by atoms with van der Waals surface area (Å²) in [5, 5.41) is 36.0. The predicted octanol–water partition coefficient (Wildman–Crippen LogP) is 1.46. The standard InChI is InChI=1S/C17H11N5O8/c23-15(18-9-3-1-5-11(7-9)21(27)28)13-14(19-26)17(25)20(16(13)24)10-4-2-6-12(8-10)22(29)30/h1-8,13,26H,(H,18,23)/b19-14+. The van der Waals surface area contributed by atoms with Crippen LogP contribution in [0.3, 0.4) is 0 Å². The molecule has 2 aromatic carbocycles. The number of nitrogens with zero attached hydrogens (tertiary/aromatic N) is 4. The van der Waals surface area contributed by atoms with Gasteiger partial charge in [0.05, 0.1) is 15.5 Å². The Bertz CT molecular complexity index is 1130. The van der Waals surface area contributed by atoms with Crippen LogP contribution in [0.15, 0.2) is 53.7 Å². The summed E-state index contributed by atoms with van der Waals surface area (Å²) in [6.45, 7) is 0. The van der Waals surface area contributed by atoms with Gasteiger partial charge in [-0.2, -0.15) is 0 Å². The average molecular weight is 413 g/mol. The van der Waals surface area contributed by atoms with Gasteiger partial charge < -0.3 is 10.5 Å². The van der Waals surface area contributed by atoms with Crippen LogP contribution in [0.5, 0.6) is 0 Å². The molecule has 0 saturated carbocycles. The van der Waals surface area contributed by atoms with Gasteiger partial charge in [0.25, 0.3) is 23.2 Å². The number of carbonyl (C=O) groups excluding carboxylic acids is 3. The zero-order valence-electron chi connectivity index (χ0n) is 14.8. The summed E-state index contributed by atoms with van der Waals surface area (Å²) in [6.07, 6.45) is 0. The van der Waals surface area contributed by atoms with Crippen molar-refractivity contribution in [3.8, 4) is 0 Å². The minimum atomic E-state index is -1.86. The van der Waals surface area contributed by atoms with Gasteiger partial charge in [0.1, 0.15) is 0 Å². The Balaban J connectivity index is 1.93. The topological polar surface area (TPSA) is 185 Å². The molecular formula is C17H11N5O8. The molecule has 0 aliphatic carbocycles. The largest absolute Gasteiger partial charge is 0.410 e. The lowest BCUT2D eigenvalue weighted by Crippen LogP contribution is -2.34. The van der Waals surface area contributed by atoms with Gasteiger partial charge in [0, 0.05) is 30.0 Å². The molecule has 13 nitrogen and oxygen atoms in total. The summed E-state index contributed by atoms with van der Waals surface area (Å²) in [7, 11) is 0. The number of hydrogen-bond donors (Lipinski definition) is 2. The Labute approximate surface area is 166 Å². The van der Waals surface area contributed by atoms with E-state index in [0.717, 1.165) is 18.2 Å². The number of hydrogen-bond acceptors (Lipinski definition) is 9. The molecule has 0 bridgehead atoms. The monoisotopic (exact) mass is 413 g/mol. The predicted molar refractivity (Wildman–Crippen MR) is 100 cm³/mol. The third-order valence-corrected chi connectivity index (χ3v) is 4.16. The molecule has 13 heteroatoms. The fraction of sp³-hybridized carbons (Fsp3) is 0.0588. The number of amides is 3. The Kier molecular flexibility index (Phi) is 5.18. The number of benzene rings is 2. The number of rotatable bonds is 5. The number of nitrogens with one attached hydrogen (secondary N) is 1. The molecule has 3 amide bonds. The van der Waals surface area contributed by atoms with Gasteiger partial charge in [-0.15, -0.1) is 0 Å². The zero-order chi connectivity index (χ0) is 22.0. The highest BCUT2D eigenvalue weighted by Gasteiger charge is 2.50. The molecule has 1 aliphatic heterocycles. The van der Waals surface area contributed by atoms with Gasteiger partial charge in [0.15, 0.2) is 11.6 Å². The van der Waals surface area contributed by atoms with E-state index in [-0.39, 0.29) is 17.1 Å². The van der Waals surface area contributed by atoms with Crippen molar-refractivity contribution in [3.05, 3.63) is 68.8 Å². The molecule has 1 fully saturated rings. The fourth-order valence-corrected chi connectivity index (χ4v) is 2.82. The molecule has 2 aromatic rings. The number of nitro benzene ring substituents is 2. The first-order valence-corrected chi connectivity index (χ1v) is 8.14. The van der Waals surface area contributed by atoms with Crippen LogP contribution < -0.4 is 10.2 Å². The molecule has 0 spiro atoms. The van der Waals surface area contributed by atoms with Crippen molar-refractivity contribution in [2.75, 3.05) is 10.2 Å². The molecule has 0 radical (unpaired) electrons. The summed E-state index contributed by atoms with van der Waals surface area (Å²) in [6, 6.07) is 9.40. The van der Waals surface area contributed by atoms with Crippen LogP contribution in [0.2, 0.25) is 0 Å². The minimum Gasteiger partial charge on any atom is -0.410 e. The molecule has 1 atom stereocenters. The molecule has 1 unspecified atom stereocenters. The van der Waals surface area contributed by atoms with Crippen molar-refractivity contribution < 1.29 is 29.4 Å². The van der Waals surface area contributed by atoms with E-state index in [0.29, 0.717) is 4.90 Å². The maximum atomic E-state index is 12.7. The lowest BCUT2D eigenvalue weighted by molar-refractivity contribution is -0.385. The quantitative estimate of drug-likeness (QED) is 0.242. The maximum absolute atomic E-state index is 12.7. The molecule has 1 aliphatic rings. The smallest absolute Gasteiger partial charge is 0.284 e. The Morgan fingerprint density at radius 2 is 1.63 bits per heavy atom. The SMILES string of the molecule is O=C(Nc1cccc([N+](=O)[O-])c1)C1C(=O)N(c2cccc([N+](=O)[O-])c2)C(=O)/C1=N/O. The fourth-order valence-electron chi connectivity index (χ4n) is 2.82. The van der Waals surface area contributed by atoms with E-state index in [1.165, 1.54) is 30.3 Å². The van der Waals surface area contributed by atoms with Crippen LogP contribution in [-0.4, -0.2) is 38.5 Å². The third-order valence-electron chi connectivity index (χ3n) is 4.16. The van der Waals surface area contributed by atoms with E-state index >= 15 is 0 Å². The summed E-state index contributed by atoms with van der Waals surface area (Å²) >= 11 is 0. The van der Waals surface area contributed by atoms with E-state index in [1.54, 1.807) is 0 Å². The highest BCUT2D eigenvalue weighted by molar-refractivity contribution is 6.61. The van der Waals surface area contributed by atoms with E-state index in [2.05, 4.69) is 10.5 Å². The highest BCUT2D eigenvalue weighted by Crippen LogP contribution is 2.29. The lowest BCUT2D eigenvalue weighted by atomic mass is 10.1. The van der Waals surface area contributed by atoms with Gasteiger partial charge in [-0.05, 0) is 12.1 Å². The van der Waals surface area contributed by atoms with Crippen LogP contribution in [0.25, 0.3) is 0 Å². The lowest BCUT2D eigenvalue weighted by Gasteiger charge is -2.14. The molecule has 152 valence electrons. The summed E-state index contributed by atoms with van der Waals surface area (Å²) < 4.78 is 0. The van der Waals surface area contributed by atoms with Gasteiger partial charge in [0.2, 0.25) is 5.91 Å². The van der Waals surface area contributed by atoms with Crippen molar-refractivity contribution in [1.82, 2.24) is 0 Å². The summed E-state index contributed by atoms with van der Waals surface area (Å²) in [5.41, 5.74) is -1.74. The highest BCUT2D eigenvalue weighted by atomic mass is 16.6. The first-order valence-electron chi connectivity index (χ1n) is 8.14. The number of nitro groups is 2. The van der Waals surface area contributed by atoms with Crippen LogP contribution in [-0.2, 0) is 14.4 Å². The van der Waals surface area contributed by atoms with Crippen molar-refractivity contribution in [3.63, 3.8) is 0 Å². The number of carbonyl (C=O) groups is 3. The maximum Gasteiger partial charge on any atom is 0.284 e. The van der Waals surface area contributed by atoms with E-state index in [1.807, 2.05) is 0 Å². The Hall–Kier alpha value is -4.68. The summed E-state index contributed by atoms with van der Waals surface area (Å²) in [4.78, 5) is 58.7. The summed E-state index contributed by atoms with van der Waals surface area (Å²) in [5.74, 6) is -5.17. The minimum absolute atomic E-state index is 0.0273. The van der Waals surface area contributed by atoms with Gasteiger partial charge in [-0.25, -0.2) is 4.90 Å².